The Balaban J connectivity index is 2.24. The highest BCUT2D eigenvalue weighted by Crippen LogP contribution is 2.21. The Morgan fingerprint density at radius 2 is 1.84 bits per heavy atom. The Kier molecular flexibility index (Phi) is 4.02. The molecule has 2 aromatic carbocycles. The molecular formula is C14H12ClFN2O. The van der Waals surface area contributed by atoms with Gasteiger partial charge in [0.15, 0.2) is 0 Å². The van der Waals surface area contributed by atoms with Gasteiger partial charge in [0.2, 0.25) is 0 Å². The van der Waals surface area contributed by atoms with Gasteiger partial charge in [-0.05, 0) is 42.5 Å². The van der Waals surface area contributed by atoms with E-state index in [1.54, 1.807) is 25.2 Å². The van der Waals surface area contributed by atoms with Gasteiger partial charge >= 0.3 is 0 Å². The quantitative estimate of drug-likeness (QED) is 0.897. The van der Waals surface area contributed by atoms with E-state index in [2.05, 4.69) is 10.6 Å². The molecule has 2 aromatic rings. The summed E-state index contributed by atoms with van der Waals surface area (Å²) in [6.45, 7) is 0. The summed E-state index contributed by atoms with van der Waals surface area (Å²) in [5, 5.41) is 6.08. The summed E-state index contributed by atoms with van der Waals surface area (Å²) in [4.78, 5) is 12.1. The molecule has 0 spiro atoms. The smallest absolute Gasteiger partial charge is 0.257 e. The molecule has 0 radical (unpaired) electrons. The molecule has 2 rings (SSSR count). The first-order chi connectivity index (χ1) is 9.10. The summed E-state index contributed by atoms with van der Waals surface area (Å²) in [6, 6.07) is 10.6. The van der Waals surface area contributed by atoms with E-state index < -0.39 is 0 Å². The van der Waals surface area contributed by atoms with Gasteiger partial charge < -0.3 is 10.6 Å². The minimum atomic E-state index is -0.350. The van der Waals surface area contributed by atoms with Gasteiger partial charge in [-0.3, -0.25) is 4.79 Å². The van der Waals surface area contributed by atoms with Crippen LogP contribution >= 0.6 is 11.6 Å². The van der Waals surface area contributed by atoms with Crippen LogP contribution in [-0.4, -0.2) is 13.0 Å². The lowest BCUT2D eigenvalue weighted by molar-refractivity contribution is 0.102. The largest absolute Gasteiger partial charge is 0.387 e. The van der Waals surface area contributed by atoms with Crippen LogP contribution in [0.1, 0.15) is 10.4 Å². The molecule has 2 N–H and O–H groups in total. The zero-order valence-electron chi connectivity index (χ0n) is 10.2. The fraction of sp³-hybridized carbons (Fsp3) is 0.0714. The predicted octanol–water partition coefficient (Wildman–Crippen LogP) is 3.77. The molecule has 19 heavy (non-hydrogen) atoms. The Hall–Kier alpha value is -2.07. The number of halogens is 2. The van der Waals surface area contributed by atoms with Crippen molar-refractivity contribution in [1.29, 1.82) is 0 Å². The number of carbonyl (C=O) groups is 1. The van der Waals surface area contributed by atoms with Crippen molar-refractivity contribution in [2.75, 3.05) is 17.7 Å². The number of carbonyl (C=O) groups excluding carboxylic acids is 1. The average molecular weight is 279 g/mol. The molecular weight excluding hydrogens is 267 g/mol. The van der Waals surface area contributed by atoms with Gasteiger partial charge in [0.1, 0.15) is 5.82 Å². The van der Waals surface area contributed by atoms with Gasteiger partial charge in [-0.1, -0.05) is 11.6 Å². The number of benzene rings is 2. The first kappa shape index (κ1) is 13.4. The minimum Gasteiger partial charge on any atom is -0.387 e. The maximum atomic E-state index is 12.8. The summed E-state index contributed by atoms with van der Waals surface area (Å²) < 4.78 is 12.8. The Bertz CT molecular complexity index is 599. The highest BCUT2D eigenvalue weighted by Gasteiger charge is 2.11. The zero-order valence-corrected chi connectivity index (χ0v) is 11.0. The first-order valence-corrected chi connectivity index (χ1v) is 6.02. The van der Waals surface area contributed by atoms with Crippen molar-refractivity contribution in [1.82, 2.24) is 0 Å². The maximum Gasteiger partial charge on any atom is 0.257 e. The van der Waals surface area contributed by atoms with Crippen LogP contribution < -0.4 is 10.6 Å². The molecule has 98 valence electrons. The van der Waals surface area contributed by atoms with Crippen LogP contribution in [0.3, 0.4) is 0 Å². The summed E-state index contributed by atoms with van der Waals surface area (Å²) in [5.41, 5.74) is 1.62. The lowest BCUT2D eigenvalue weighted by Gasteiger charge is -2.10. The third kappa shape index (κ3) is 3.23. The summed E-state index contributed by atoms with van der Waals surface area (Å²) in [6.07, 6.45) is 0. The molecule has 0 aliphatic carbocycles. The fourth-order valence-corrected chi connectivity index (χ4v) is 1.83. The second-order valence-electron chi connectivity index (χ2n) is 3.90. The molecule has 5 heteroatoms. The van der Waals surface area contributed by atoms with Gasteiger partial charge in [0, 0.05) is 23.4 Å². The Morgan fingerprint density at radius 3 is 2.47 bits per heavy atom. The monoisotopic (exact) mass is 278 g/mol. The molecule has 3 nitrogen and oxygen atoms in total. The van der Waals surface area contributed by atoms with E-state index in [1.165, 1.54) is 24.3 Å². The van der Waals surface area contributed by atoms with E-state index in [0.717, 1.165) is 0 Å². The van der Waals surface area contributed by atoms with E-state index in [9.17, 15) is 9.18 Å². The van der Waals surface area contributed by atoms with Crippen LogP contribution in [0.25, 0.3) is 0 Å². The highest BCUT2D eigenvalue weighted by molar-refractivity contribution is 6.31. The fourth-order valence-electron chi connectivity index (χ4n) is 1.65. The zero-order chi connectivity index (χ0) is 13.8. The lowest BCUT2D eigenvalue weighted by Crippen LogP contribution is -2.14. The second-order valence-corrected chi connectivity index (χ2v) is 4.34. The molecule has 1 amide bonds. The standard InChI is InChI=1S/C14H12ClFN2O/c1-17-13-7-2-9(15)8-12(13)14(19)18-11-5-3-10(16)4-6-11/h2-8,17H,1H3,(H,18,19). The van der Waals surface area contributed by atoms with Crippen molar-refractivity contribution < 1.29 is 9.18 Å². The Labute approximate surface area is 115 Å². The summed E-state index contributed by atoms with van der Waals surface area (Å²) in [5.74, 6) is -0.657. The van der Waals surface area contributed by atoms with Crippen molar-refractivity contribution >= 4 is 28.9 Å². The normalized spacial score (nSPS) is 10.1. The van der Waals surface area contributed by atoms with Crippen molar-refractivity contribution in [3.05, 3.63) is 58.9 Å². The number of hydrogen-bond acceptors (Lipinski definition) is 2. The van der Waals surface area contributed by atoms with Crippen LogP contribution in [0.2, 0.25) is 5.02 Å². The van der Waals surface area contributed by atoms with Crippen molar-refractivity contribution in [2.45, 2.75) is 0 Å². The number of hydrogen-bond donors (Lipinski definition) is 2. The summed E-state index contributed by atoms with van der Waals surface area (Å²) >= 11 is 5.88. The van der Waals surface area contributed by atoms with Crippen LogP contribution in [0.4, 0.5) is 15.8 Å². The van der Waals surface area contributed by atoms with Crippen LogP contribution in [0.5, 0.6) is 0 Å². The highest BCUT2D eigenvalue weighted by atomic mass is 35.5. The van der Waals surface area contributed by atoms with E-state index in [0.29, 0.717) is 22.0 Å². The molecule has 0 bridgehead atoms. The predicted molar refractivity (Wildman–Crippen MR) is 75.4 cm³/mol. The van der Waals surface area contributed by atoms with Gasteiger partial charge in [-0.25, -0.2) is 4.39 Å². The van der Waals surface area contributed by atoms with Crippen molar-refractivity contribution in [2.24, 2.45) is 0 Å². The number of nitrogens with one attached hydrogen (secondary N) is 2. The van der Waals surface area contributed by atoms with E-state index in [1.807, 2.05) is 0 Å². The van der Waals surface area contributed by atoms with E-state index in [-0.39, 0.29) is 11.7 Å². The SMILES string of the molecule is CNc1ccc(Cl)cc1C(=O)Nc1ccc(F)cc1. The number of amides is 1. The second kappa shape index (κ2) is 5.71. The number of rotatable bonds is 3. The van der Waals surface area contributed by atoms with Gasteiger partial charge in [-0.15, -0.1) is 0 Å². The lowest BCUT2D eigenvalue weighted by atomic mass is 10.1. The minimum absolute atomic E-state index is 0.307. The number of anilines is 2. The topological polar surface area (TPSA) is 41.1 Å². The van der Waals surface area contributed by atoms with Gasteiger partial charge in [0.25, 0.3) is 5.91 Å². The maximum absolute atomic E-state index is 12.8. The third-order valence-corrected chi connectivity index (χ3v) is 2.83. The third-order valence-electron chi connectivity index (χ3n) is 2.60. The molecule has 0 fully saturated rings. The molecule has 0 atom stereocenters. The molecule has 0 saturated carbocycles. The van der Waals surface area contributed by atoms with Crippen molar-refractivity contribution in [3.63, 3.8) is 0 Å². The summed E-state index contributed by atoms with van der Waals surface area (Å²) in [7, 11) is 1.72. The van der Waals surface area contributed by atoms with Gasteiger partial charge in [0.05, 0.1) is 5.56 Å². The van der Waals surface area contributed by atoms with Crippen molar-refractivity contribution in [3.8, 4) is 0 Å². The van der Waals surface area contributed by atoms with Crippen LogP contribution in [0.15, 0.2) is 42.5 Å². The first-order valence-electron chi connectivity index (χ1n) is 5.64. The van der Waals surface area contributed by atoms with E-state index >= 15 is 0 Å². The van der Waals surface area contributed by atoms with Gasteiger partial charge in [-0.2, -0.15) is 0 Å². The molecule has 0 aromatic heterocycles. The molecule has 0 unspecified atom stereocenters. The molecule has 0 aliphatic rings. The molecule has 0 aliphatic heterocycles. The molecule has 0 saturated heterocycles. The molecule has 0 heterocycles. The Morgan fingerprint density at radius 1 is 1.16 bits per heavy atom. The van der Waals surface area contributed by atoms with Crippen LogP contribution in [0, 0.1) is 5.82 Å². The van der Waals surface area contributed by atoms with Crippen LogP contribution in [-0.2, 0) is 0 Å². The average Bonchev–Trinajstić information content (AvgIpc) is 2.41. The van der Waals surface area contributed by atoms with E-state index in [4.69, 9.17) is 11.6 Å².